The highest BCUT2D eigenvalue weighted by Crippen LogP contribution is 2.28. The number of aryl methyl sites for hydroxylation is 2. The number of hydrogen-bond donors (Lipinski definition) is 0. The van der Waals surface area contributed by atoms with Gasteiger partial charge in [0.15, 0.2) is 0 Å². The number of para-hydroxylation sites is 1. The first-order valence-corrected chi connectivity index (χ1v) is 7.22. The fourth-order valence-electron chi connectivity index (χ4n) is 2.45. The number of nitrogens with zero attached hydrogens (tertiary/aromatic N) is 1. The van der Waals surface area contributed by atoms with Gasteiger partial charge in [0.05, 0.1) is 18.1 Å². The van der Waals surface area contributed by atoms with Crippen LogP contribution in [0.25, 0.3) is 0 Å². The fraction of sp³-hybridized carbons (Fsp3) is 0.316. The topological polar surface area (TPSA) is 33.0 Å². The molecule has 0 aliphatic heterocycles. The van der Waals surface area contributed by atoms with Crippen LogP contribution < -0.4 is 4.74 Å². The lowest BCUT2D eigenvalue weighted by Crippen LogP contribution is -2.22. The van der Waals surface area contributed by atoms with Crippen LogP contribution in [-0.4, -0.2) is 6.61 Å². The van der Waals surface area contributed by atoms with Gasteiger partial charge < -0.3 is 4.74 Å². The summed E-state index contributed by atoms with van der Waals surface area (Å²) >= 11 is 0. The van der Waals surface area contributed by atoms with E-state index in [9.17, 15) is 5.26 Å². The molecule has 2 aromatic rings. The molecule has 0 fully saturated rings. The predicted molar refractivity (Wildman–Crippen MR) is 85.4 cm³/mol. The molecule has 0 N–H and O–H groups in total. The van der Waals surface area contributed by atoms with Gasteiger partial charge >= 0.3 is 0 Å². The van der Waals surface area contributed by atoms with E-state index in [4.69, 9.17) is 4.74 Å². The molecule has 0 saturated heterocycles. The number of rotatable bonds is 5. The SMILES string of the molecule is Cc1cccc(C)c1OCCC(C)(C#N)c1ccccc1. The van der Waals surface area contributed by atoms with Crippen molar-refractivity contribution in [2.24, 2.45) is 0 Å². The Morgan fingerprint density at radius 1 is 1.00 bits per heavy atom. The number of ether oxygens (including phenoxy) is 1. The molecule has 0 amide bonds. The van der Waals surface area contributed by atoms with Crippen LogP contribution in [0.2, 0.25) is 0 Å². The molecule has 0 aromatic heterocycles. The highest BCUT2D eigenvalue weighted by molar-refractivity contribution is 5.39. The van der Waals surface area contributed by atoms with Gasteiger partial charge in [0, 0.05) is 6.42 Å². The second kappa shape index (κ2) is 6.45. The smallest absolute Gasteiger partial charge is 0.125 e. The maximum absolute atomic E-state index is 9.54. The molecule has 0 spiro atoms. The third-order valence-electron chi connectivity index (χ3n) is 3.91. The Balaban J connectivity index is 2.07. The molecule has 1 atom stereocenters. The lowest BCUT2D eigenvalue weighted by molar-refractivity contribution is 0.282. The van der Waals surface area contributed by atoms with Gasteiger partial charge in [-0.25, -0.2) is 0 Å². The third-order valence-corrected chi connectivity index (χ3v) is 3.91. The molecule has 0 saturated carbocycles. The van der Waals surface area contributed by atoms with E-state index in [0.717, 1.165) is 22.4 Å². The molecule has 2 nitrogen and oxygen atoms in total. The number of benzene rings is 2. The maximum atomic E-state index is 9.54. The number of hydrogen-bond acceptors (Lipinski definition) is 2. The van der Waals surface area contributed by atoms with Gasteiger partial charge in [0.1, 0.15) is 5.75 Å². The summed E-state index contributed by atoms with van der Waals surface area (Å²) in [6.07, 6.45) is 0.668. The molecular weight excluding hydrogens is 258 g/mol. The van der Waals surface area contributed by atoms with E-state index in [1.54, 1.807) is 0 Å². The molecule has 2 aromatic carbocycles. The predicted octanol–water partition coefficient (Wildman–Crippen LogP) is 4.55. The van der Waals surface area contributed by atoms with Crippen LogP contribution in [0.4, 0.5) is 0 Å². The Kier molecular flexibility index (Phi) is 4.65. The molecule has 2 rings (SSSR count). The molecule has 0 heterocycles. The molecule has 0 aliphatic carbocycles. The van der Waals surface area contributed by atoms with E-state index in [-0.39, 0.29) is 0 Å². The summed E-state index contributed by atoms with van der Waals surface area (Å²) < 4.78 is 5.94. The van der Waals surface area contributed by atoms with Crippen molar-refractivity contribution in [1.29, 1.82) is 5.26 Å². The first kappa shape index (κ1) is 15.1. The minimum atomic E-state index is -0.516. The number of nitriles is 1. The second-order valence-electron chi connectivity index (χ2n) is 5.63. The van der Waals surface area contributed by atoms with Gasteiger partial charge in [-0.15, -0.1) is 0 Å². The summed E-state index contributed by atoms with van der Waals surface area (Å²) in [5.41, 5.74) is 2.79. The van der Waals surface area contributed by atoms with Crippen molar-refractivity contribution in [3.8, 4) is 11.8 Å². The average molecular weight is 279 g/mol. The zero-order valence-electron chi connectivity index (χ0n) is 12.9. The van der Waals surface area contributed by atoms with Gasteiger partial charge in [-0.1, -0.05) is 48.5 Å². The van der Waals surface area contributed by atoms with E-state index in [0.29, 0.717) is 13.0 Å². The van der Waals surface area contributed by atoms with E-state index in [1.165, 1.54) is 0 Å². The maximum Gasteiger partial charge on any atom is 0.125 e. The third kappa shape index (κ3) is 3.44. The van der Waals surface area contributed by atoms with Crippen LogP contribution >= 0.6 is 0 Å². The summed E-state index contributed by atoms with van der Waals surface area (Å²) in [6, 6.07) is 18.5. The standard InChI is InChI=1S/C19H21NO/c1-15-8-7-9-16(2)18(15)21-13-12-19(3,14-20)17-10-5-4-6-11-17/h4-11H,12-13H2,1-3H3. The first-order valence-electron chi connectivity index (χ1n) is 7.22. The Hall–Kier alpha value is -2.27. The molecule has 0 radical (unpaired) electrons. The van der Waals surface area contributed by atoms with Crippen LogP contribution in [-0.2, 0) is 5.41 Å². The zero-order chi connectivity index (χ0) is 15.3. The molecule has 2 heteroatoms. The van der Waals surface area contributed by atoms with Crippen LogP contribution in [0.1, 0.15) is 30.0 Å². The Morgan fingerprint density at radius 3 is 2.19 bits per heavy atom. The van der Waals surface area contributed by atoms with Crippen LogP contribution in [0, 0.1) is 25.2 Å². The van der Waals surface area contributed by atoms with Crippen LogP contribution in [0.3, 0.4) is 0 Å². The summed E-state index contributed by atoms with van der Waals surface area (Å²) in [7, 11) is 0. The quantitative estimate of drug-likeness (QED) is 0.804. The lowest BCUT2D eigenvalue weighted by atomic mass is 9.81. The highest BCUT2D eigenvalue weighted by Gasteiger charge is 2.26. The highest BCUT2D eigenvalue weighted by atomic mass is 16.5. The molecule has 108 valence electrons. The van der Waals surface area contributed by atoms with Crippen molar-refractivity contribution in [3.05, 3.63) is 65.2 Å². The fourth-order valence-corrected chi connectivity index (χ4v) is 2.45. The lowest BCUT2D eigenvalue weighted by Gasteiger charge is -2.22. The van der Waals surface area contributed by atoms with E-state index >= 15 is 0 Å². The Labute approximate surface area is 127 Å². The minimum absolute atomic E-state index is 0.516. The van der Waals surface area contributed by atoms with Crippen molar-refractivity contribution < 1.29 is 4.74 Å². The van der Waals surface area contributed by atoms with Crippen molar-refractivity contribution >= 4 is 0 Å². The van der Waals surface area contributed by atoms with Gasteiger partial charge in [-0.3, -0.25) is 0 Å². The van der Waals surface area contributed by atoms with Crippen molar-refractivity contribution in [3.63, 3.8) is 0 Å². The molecule has 1 unspecified atom stereocenters. The van der Waals surface area contributed by atoms with Gasteiger partial charge in [0.25, 0.3) is 0 Å². The van der Waals surface area contributed by atoms with E-state index in [1.807, 2.05) is 69.3 Å². The average Bonchev–Trinajstić information content (AvgIpc) is 2.51. The summed E-state index contributed by atoms with van der Waals surface area (Å²) in [6.45, 7) is 6.59. The van der Waals surface area contributed by atoms with Crippen molar-refractivity contribution in [2.75, 3.05) is 6.61 Å². The molecular formula is C19H21NO. The summed E-state index contributed by atoms with van der Waals surface area (Å²) in [4.78, 5) is 0. The van der Waals surface area contributed by atoms with Crippen molar-refractivity contribution in [1.82, 2.24) is 0 Å². The Bertz CT molecular complexity index is 622. The Morgan fingerprint density at radius 2 is 1.62 bits per heavy atom. The summed E-state index contributed by atoms with van der Waals surface area (Å²) in [5.74, 6) is 0.936. The van der Waals surface area contributed by atoms with Gasteiger partial charge in [0.2, 0.25) is 0 Å². The summed E-state index contributed by atoms with van der Waals surface area (Å²) in [5, 5.41) is 9.54. The first-order chi connectivity index (χ1) is 10.1. The van der Waals surface area contributed by atoms with E-state index < -0.39 is 5.41 Å². The van der Waals surface area contributed by atoms with Crippen LogP contribution in [0.5, 0.6) is 5.75 Å². The second-order valence-corrected chi connectivity index (χ2v) is 5.63. The largest absolute Gasteiger partial charge is 0.493 e. The molecule has 0 aliphatic rings. The van der Waals surface area contributed by atoms with Crippen molar-refractivity contribution in [2.45, 2.75) is 32.6 Å². The monoisotopic (exact) mass is 279 g/mol. The molecule has 21 heavy (non-hydrogen) atoms. The minimum Gasteiger partial charge on any atom is -0.493 e. The zero-order valence-corrected chi connectivity index (χ0v) is 12.9. The van der Waals surface area contributed by atoms with Crippen LogP contribution in [0.15, 0.2) is 48.5 Å². The normalized spacial score (nSPS) is 13.2. The molecule has 0 bridgehead atoms. The van der Waals surface area contributed by atoms with Gasteiger partial charge in [-0.2, -0.15) is 5.26 Å². The van der Waals surface area contributed by atoms with Gasteiger partial charge in [-0.05, 0) is 37.5 Å². The van der Waals surface area contributed by atoms with E-state index in [2.05, 4.69) is 6.07 Å².